The van der Waals surface area contributed by atoms with Crippen molar-refractivity contribution in [2.75, 3.05) is 18.4 Å². The second kappa shape index (κ2) is 7.30. The van der Waals surface area contributed by atoms with Crippen LogP contribution in [-0.2, 0) is 4.79 Å². The smallest absolute Gasteiger partial charge is 0.239 e. The molecule has 0 spiro atoms. The lowest BCUT2D eigenvalue weighted by atomic mass is 10.3. The maximum absolute atomic E-state index is 11.4. The van der Waals surface area contributed by atoms with Gasteiger partial charge in [-0.05, 0) is 34.1 Å². The molecule has 6 heteroatoms. The fraction of sp³-hybridized carbons (Fsp3) is 0.273. The van der Waals surface area contributed by atoms with E-state index >= 15 is 0 Å². The van der Waals surface area contributed by atoms with E-state index in [0.29, 0.717) is 13.0 Å². The highest BCUT2D eigenvalue weighted by Gasteiger charge is 2.03. The summed E-state index contributed by atoms with van der Waals surface area (Å²) >= 11 is 6.74. The van der Waals surface area contributed by atoms with Gasteiger partial charge in [-0.2, -0.15) is 5.26 Å². The van der Waals surface area contributed by atoms with Gasteiger partial charge in [-0.1, -0.05) is 15.9 Å². The Balaban J connectivity index is 2.40. The maximum Gasteiger partial charge on any atom is 0.239 e. The molecule has 0 aliphatic rings. The van der Waals surface area contributed by atoms with Gasteiger partial charge in [0.15, 0.2) is 0 Å². The normalized spacial score (nSPS) is 9.47. The van der Waals surface area contributed by atoms with Crippen LogP contribution < -0.4 is 10.6 Å². The second-order valence-corrected chi connectivity index (χ2v) is 5.01. The zero-order chi connectivity index (χ0) is 12.7. The zero-order valence-corrected chi connectivity index (χ0v) is 12.1. The van der Waals surface area contributed by atoms with Crippen molar-refractivity contribution < 1.29 is 4.79 Å². The van der Waals surface area contributed by atoms with Crippen molar-refractivity contribution in [2.24, 2.45) is 0 Å². The molecular weight excluding hydrogens is 350 g/mol. The molecule has 4 nitrogen and oxygen atoms in total. The molecule has 2 N–H and O–H groups in total. The Kier molecular flexibility index (Phi) is 6.01. The minimum Gasteiger partial charge on any atom is -0.375 e. The van der Waals surface area contributed by atoms with E-state index in [2.05, 4.69) is 42.5 Å². The topological polar surface area (TPSA) is 64.9 Å². The summed E-state index contributed by atoms with van der Waals surface area (Å²) in [5.74, 6) is -0.130. The molecule has 0 bridgehead atoms. The van der Waals surface area contributed by atoms with Crippen molar-refractivity contribution >= 4 is 43.5 Å². The Hall–Kier alpha value is -1.06. The van der Waals surface area contributed by atoms with E-state index in [0.717, 1.165) is 14.6 Å². The number of benzene rings is 1. The number of carbonyl (C=O) groups is 1. The Labute approximate surface area is 117 Å². The second-order valence-electron chi connectivity index (χ2n) is 3.24. The lowest BCUT2D eigenvalue weighted by Gasteiger charge is -2.08. The van der Waals surface area contributed by atoms with Crippen molar-refractivity contribution in [1.29, 1.82) is 5.26 Å². The van der Waals surface area contributed by atoms with Crippen LogP contribution in [0, 0.1) is 11.3 Å². The number of hydrogen-bond acceptors (Lipinski definition) is 3. The van der Waals surface area contributed by atoms with Crippen LogP contribution in [0.2, 0.25) is 0 Å². The fourth-order valence-electron chi connectivity index (χ4n) is 1.13. The van der Waals surface area contributed by atoms with Crippen LogP contribution in [0.1, 0.15) is 6.42 Å². The first-order valence-corrected chi connectivity index (χ1v) is 6.54. The number of anilines is 1. The molecule has 17 heavy (non-hydrogen) atoms. The van der Waals surface area contributed by atoms with E-state index in [4.69, 9.17) is 5.26 Å². The van der Waals surface area contributed by atoms with Gasteiger partial charge in [0.25, 0.3) is 0 Å². The number of halogens is 2. The van der Waals surface area contributed by atoms with Crippen molar-refractivity contribution in [3.8, 4) is 6.07 Å². The molecule has 0 aliphatic heterocycles. The molecule has 1 aromatic carbocycles. The van der Waals surface area contributed by atoms with Gasteiger partial charge in [-0.3, -0.25) is 4.79 Å². The number of rotatable bonds is 5. The summed E-state index contributed by atoms with van der Waals surface area (Å²) in [6.07, 6.45) is 0.327. The fourth-order valence-corrected chi connectivity index (χ4v) is 2.32. The standard InChI is InChI=1S/C11H11Br2N3O/c12-8-2-3-10(9(13)6-8)16-7-11(17)15-5-1-4-14/h2-3,6,16H,1,5,7H2,(H,15,17). The highest BCUT2D eigenvalue weighted by molar-refractivity contribution is 9.11. The van der Waals surface area contributed by atoms with Gasteiger partial charge in [-0.25, -0.2) is 0 Å². The summed E-state index contributed by atoms with van der Waals surface area (Å²) in [6.45, 7) is 0.574. The molecule has 90 valence electrons. The third kappa shape index (κ3) is 5.20. The highest BCUT2D eigenvalue weighted by atomic mass is 79.9. The summed E-state index contributed by atoms with van der Waals surface area (Å²) in [7, 11) is 0. The lowest BCUT2D eigenvalue weighted by Crippen LogP contribution is -2.30. The Morgan fingerprint density at radius 1 is 1.41 bits per heavy atom. The number of hydrogen-bond donors (Lipinski definition) is 2. The van der Waals surface area contributed by atoms with Gasteiger partial charge < -0.3 is 10.6 Å². The first-order chi connectivity index (χ1) is 8.13. The van der Waals surface area contributed by atoms with Gasteiger partial charge in [0, 0.05) is 21.2 Å². The van der Waals surface area contributed by atoms with Crippen LogP contribution in [0.5, 0.6) is 0 Å². The summed E-state index contributed by atoms with van der Waals surface area (Å²) in [4.78, 5) is 11.4. The third-order valence-corrected chi connectivity index (χ3v) is 3.08. The Morgan fingerprint density at radius 3 is 2.82 bits per heavy atom. The molecule has 1 aromatic rings. The van der Waals surface area contributed by atoms with Crippen LogP contribution in [0.3, 0.4) is 0 Å². The Morgan fingerprint density at radius 2 is 2.18 bits per heavy atom. The quantitative estimate of drug-likeness (QED) is 0.793. The lowest BCUT2D eigenvalue weighted by molar-refractivity contribution is -0.119. The molecule has 1 rings (SSSR count). The van der Waals surface area contributed by atoms with Gasteiger partial charge in [0.1, 0.15) is 0 Å². The van der Waals surface area contributed by atoms with Crippen LogP contribution >= 0.6 is 31.9 Å². The Bertz CT molecular complexity index is 443. The molecule has 0 heterocycles. The summed E-state index contributed by atoms with van der Waals surface area (Å²) in [5.41, 5.74) is 0.851. The van der Waals surface area contributed by atoms with Gasteiger partial charge in [-0.15, -0.1) is 0 Å². The first-order valence-electron chi connectivity index (χ1n) is 4.96. The van der Waals surface area contributed by atoms with Crippen LogP contribution in [0.25, 0.3) is 0 Å². The predicted octanol–water partition coefficient (Wildman–Crippen LogP) is 2.65. The van der Waals surface area contributed by atoms with Gasteiger partial charge in [0.2, 0.25) is 5.91 Å². The van der Waals surface area contributed by atoms with Crippen molar-refractivity contribution in [2.45, 2.75) is 6.42 Å². The molecule has 0 fully saturated rings. The van der Waals surface area contributed by atoms with E-state index in [9.17, 15) is 4.79 Å². The number of nitrogens with zero attached hydrogens (tertiary/aromatic N) is 1. The van der Waals surface area contributed by atoms with Crippen LogP contribution in [-0.4, -0.2) is 19.0 Å². The number of nitrogens with one attached hydrogen (secondary N) is 2. The van der Waals surface area contributed by atoms with E-state index in [-0.39, 0.29) is 12.5 Å². The van der Waals surface area contributed by atoms with E-state index in [1.807, 2.05) is 24.3 Å². The van der Waals surface area contributed by atoms with E-state index in [1.165, 1.54) is 0 Å². The zero-order valence-electron chi connectivity index (χ0n) is 8.96. The highest BCUT2D eigenvalue weighted by Crippen LogP contribution is 2.25. The largest absolute Gasteiger partial charge is 0.375 e. The molecule has 0 saturated heterocycles. The maximum atomic E-state index is 11.4. The summed E-state index contributed by atoms with van der Waals surface area (Å²) < 4.78 is 1.85. The first kappa shape index (κ1) is 14.0. The molecular formula is C11H11Br2N3O. The van der Waals surface area contributed by atoms with Gasteiger partial charge >= 0.3 is 0 Å². The van der Waals surface area contributed by atoms with E-state index < -0.39 is 0 Å². The van der Waals surface area contributed by atoms with E-state index in [1.54, 1.807) is 0 Å². The molecule has 0 atom stereocenters. The SMILES string of the molecule is N#CCCNC(=O)CNc1ccc(Br)cc1Br. The third-order valence-electron chi connectivity index (χ3n) is 1.93. The average Bonchev–Trinajstić information content (AvgIpc) is 2.28. The van der Waals surface area contributed by atoms with Crippen LogP contribution in [0.4, 0.5) is 5.69 Å². The van der Waals surface area contributed by atoms with Crippen molar-refractivity contribution in [3.63, 3.8) is 0 Å². The molecule has 0 saturated carbocycles. The molecule has 0 radical (unpaired) electrons. The van der Waals surface area contributed by atoms with Crippen LogP contribution in [0.15, 0.2) is 27.1 Å². The summed E-state index contributed by atoms with van der Waals surface area (Å²) in [6, 6.07) is 7.62. The van der Waals surface area contributed by atoms with Crippen molar-refractivity contribution in [3.05, 3.63) is 27.1 Å². The van der Waals surface area contributed by atoms with Crippen molar-refractivity contribution in [1.82, 2.24) is 5.32 Å². The monoisotopic (exact) mass is 359 g/mol. The molecule has 1 amide bonds. The number of carbonyl (C=O) groups excluding carboxylic acids is 1. The molecule has 0 unspecified atom stereocenters. The predicted molar refractivity (Wildman–Crippen MR) is 73.6 cm³/mol. The minimum atomic E-state index is -0.130. The average molecular weight is 361 g/mol. The minimum absolute atomic E-state index is 0.130. The number of amides is 1. The summed E-state index contributed by atoms with van der Waals surface area (Å²) in [5, 5.41) is 14.0. The number of nitriles is 1. The molecule has 0 aromatic heterocycles. The molecule has 0 aliphatic carbocycles. The van der Waals surface area contributed by atoms with Gasteiger partial charge in [0.05, 0.1) is 19.0 Å².